The van der Waals surface area contributed by atoms with Crippen LogP contribution in [0.3, 0.4) is 0 Å². The standard InChI is InChI=1S/C24H27N5OS/c30-24(27-17-20-9-7-13-26-23(20)29-14-4-1-5-15-29)28-21-10-6-8-19(16-21)18-31-22-11-2-3-12-25-22/h2-3,6-13,16H,1,4-5,14-15,17-18H2,(H2,27,28,30). The molecule has 0 radical (unpaired) electrons. The van der Waals surface area contributed by atoms with Gasteiger partial charge in [-0.2, -0.15) is 0 Å². The van der Waals surface area contributed by atoms with Crippen molar-refractivity contribution >= 4 is 29.3 Å². The van der Waals surface area contributed by atoms with Gasteiger partial charge in [0.25, 0.3) is 0 Å². The van der Waals surface area contributed by atoms with Crippen LogP contribution in [0.15, 0.2) is 72.0 Å². The third kappa shape index (κ3) is 6.21. The van der Waals surface area contributed by atoms with Crippen molar-refractivity contribution in [2.24, 2.45) is 0 Å². The summed E-state index contributed by atoms with van der Waals surface area (Å²) in [6.07, 6.45) is 7.28. The topological polar surface area (TPSA) is 70.2 Å². The second-order valence-electron chi connectivity index (χ2n) is 7.50. The average Bonchev–Trinajstić information content (AvgIpc) is 2.83. The highest BCUT2D eigenvalue weighted by atomic mass is 32.2. The largest absolute Gasteiger partial charge is 0.356 e. The van der Waals surface area contributed by atoms with Gasteiger partial charge in [0, 0.05) is 49.0 Å². The van der Waals surface area contributed by atoms with E-state index in [0.717, 1.165) is 46.5 Å². The third-order valence-corrected chi connectivity index (χ3v) is 6.19. The number of hydrogen-bond acceptors (Lipinski definition) is 5. The van der Waals surface area contributed by atoms with Crippen molar-refractivity contribution in [3.63, 3.8) is 0 Å². The zero-order valence-corrected chi connectivity index (χ0v) is 18.3. The molecular weight excluding hydrogens is 406 g/mol. The van der Waals surface area contributed by atoms with Gasteiger partial charge >= 0.3 is 6.03 Å². The minimum Gasteiger partial charge on any atom is -0.356 e. The minimum atomic E-state index is -0.219. The van der Waals surface area contributed by atoms with Gasteiger partial charge in [0.05, 0.1) is 5.03 Å². The molecule has 0 saturated carbocycles. The maximum Gasteiger partial charge on any atom is 0.319 e. The lowest BCUT2D eigenvalue weighted by molar-refractivity contribution is 0.251. The van der Waals surface area contributed by atoms with E-state index < -0.39 is 0 Å². The number of urea groups is 1. The van der Waals surface area contributed by atoms with Crippen LogP contribution in [0.1, 0.15) is 30.4 Å². The Balaban J connectivity index is 1.31. The van der Waals surface area contributed by atoms with Gasteiger partial charge in [-0.25, -0.2) is 14.8 Å². The Labute approximate surface area is 187 Å². The molecule has 1 aliphatic heterocycles. The van der Waals surface area contributed by atoms with Crippen LogP contribution >= 0.6 is 11.8 Å². The summed E-state index contributed by atoms with van der Waals surface area (Å²) in [7, 11) is 0. The first-order chi connectivity index (χ1) is 15.3. The van der Waals surface area contributed by atoms with E-state index in [2.05, 4.69) is 31.6 Å². The highest BCUT2D eigenvalue weighted by molar-refractivity contribution is 7.98. The lowest BCUT2D eigenvalue weighted by Crippen LogP contribution is -2.33. The van der Waals surface area contributed by atoms with Crippen LogP contribution in [-0.4, -0.2) is 29.1 Å². The Kier molecular flexibility index (Phi) is 7.39. The zero-order chi connectivity index (χ0) is 21.3. The maximum absolute atomic E-state index is 12.5. The van der Waals surface area contributed by atoms with Gasteiger partial charge in [-0.1, -0.05) is 24.3 Å². The fourth-order valence-corrected chi connectivity index (χ4v) is 4.44. The molecule has 2 aromatic heterocycles. The second-order valence-corrected chi connectivity index (χ2v) is 8.49. The summed E-state index contributed by atoms with van der Waals surface area (Å²) >= 11 is 1.67. The first-order valence-corrected chi connectivity index (χ1v) is 11.6. The van der Waals surface area contributed by atoms with E-state index in [0.29, 0.717) is 6.54 Å². The van der Waals surface area contributed by atoms with E-state index in [1.807, 2.05) is 54.7 Å². The predicted octanol–water partition coefficient (Wildman–Crippen LogP) is 5.08. The van der Waals surface area contributed by atoms with Gasteiger partial charge < -0.3 is 15.5 Å². The van der Waals surface area contributed by atoms with Gasteiger partial charge in [0.2, 0.25) is 0 Å². The number of piperidine rings is 1. The molecule has 160 valence electrons. The monoisotopic (exact) mass is 433 g/mol. The molecule has 0 bridgehead atoms. The first-order valence-electron chi connectivity index (χ1n) is 10.6. The molecule has 7 heteroatoms. The molecule has 3 heterocycles. The summed E-state index contributed by atoms with van der Waals surface area (Å²) in [5, 5.41) is 6.90. The normalized spacial score (nSPS) is 13.6. The van der Waals surface area contributed by atoms with E-state index in [9.17, 15) is 4.79 Å². The minimum absolute atomic E-state index is 0.219. The van der Waals surface area contributed by atoms with E-state index in [-0.39, 0.29) is 6.03 Å². The van der Waals surface area contributed by atoms with Crippen LogP contribution in [-0.2, 0) is 12.3 Å². The van der Waals surface area contributed by atoms with E-state index in [1.165, 1.54) is 19.3 Å². The van der Waals surface area contributed by atoms with Crippen LogP contribution in [0.5, 0.6) is 0 Å². The molecule has 2 amide bonds. The predicted molar refractivity (Wildman–Crippen MR) is 126 cm³/mol. The number of amides is 2. The molecule has 0 spiro atoms. The van der Waals surface area contributed by atoms with E-state index in [4.69, 9.17) is 0 Å². The highest BCUT2D eigenvalue weighted by Gasteiger charge is 2.15. The van der Waals surface area contributed by atoms with Crippen molar-refractivity contribution in [2.75, 3.05) is 23.3 Å². The second kappa shape index (κ2) is 10.8. The number of aromatic nitrogens is 2. The maximum atomic E-state index is 12.5. The lowest BCUT2D eigenvalue weighted by Gasteiger charge is -2.29. The van der Waals surface area contributed by atoms with E-state index >= 15 is 0 Å². The zero-order valence-electron chi connectivity index (χ0n) is 17.5. The van der Waals surface area contributed by atoms with Crippen LogP contribution in [0.2, 0.25) is 0 Å². The van der Waals surface area contributed by atoms with Gasteiger partial charge in [-0.15, -0.1) is 11.8 Å². The van der Waals surface area contributed by atoms with Crippen molar-refractivity contribution in [3.8, 4) is 0 Å². The quantitative estimate of drug-likeness (QED) is 0.509. The molecule has 31 heavy (non-hydrogen) atoms. The Hall–Kier alpha value is -3.06. The molecule has 0 aliphatic carbocycles. The molecule has 1 aromatic carbocycles. The number of benzene rings is 1. The number of anilines is 2. The smallest absolute Gasteiger partial charge is 0.319 e. The molecule has 0 atom stereocenters. The number of thioether (sulfide) groups is 1. The summed E-state index contributed by atoms with van der Waals surface area (Å²) in [4.78, 5) is 23.7. The molecule has 3 aromatic rings. The van der Waals surface area contributed by atoms with Crippen molar-refractivity contribution < 1.29 is 4.79 Å². The molecular formula is C24H27N5OS. The Morgan fingerprint density at radius 1 is 0.968 bits per heavy atom. The van der Waals surface area contributed by atoms with Crippen molar-refractivity contribution in [1.29, 1.82) is 0 Å². The number of carbonyl (C=O) groups excluding carboxylic acids is 1. The van der Waals surface area contributed by atoms with Crippen molar-refractivity contribution in [2.45, 2.75) is 36.6 Å². The fourth-order valence-electron chi connectivity index (χ4n) is 3.64. The molecule has 1 saturated heterocycles. The molecule has 1 aliphatic rings. The number of rotatable bonds is 7. The SMILES string of the molecule is O=C(NCc1cccnc1N1CCCCC1)Nc1cccc(CSc2ccccn2)c1. The molecule has 1 fully saturated rings. The van der Waals surface area contributed by atoms with Gasteiger partial charge in [-0.3, -0.25) is 0 Å². The van der Waals surface area contributed by atoms with Crippen LogP contribution in [0.4, 0.5) is 16.3 Å². The summed E-state index contributed by atoms with van der Waals surface area (Å²) in [6, 6.07) is 17.5. The van der Waals surface area contributed by atoms with Gasteiger partial charge in [0.15, 0.2) is 0 Å². The number of pyridine rings is 2. The summed E-state index contributed by atoms with van der Waals surface area (Å²) < 4.78 is 0. The van der Waals surface area contributed by atoms with Gasteiger partial charge in [-0.05, 0) is 55.2 Å². The van der Waals surface area contributed by atoms with Crippen LogP contribution < -0.4 is 15.5 Å². The van der Waals surface area contributed by atoms with E-state index in [1.54, 1.807) is 18.0 Å². The number of nitrogens with one attached hydrogen (secondary N) is 2. The van der Waals surface area contributed by atoms with Gasteiger partial charge in [0.1, 0.15) is 5.82 Å². The summed E-state index contributed by atoms with van der Waals surface area (Å²) in [5.41, 5.74) is 2.95. The Bertz CT molecular complexity index is 992. The molecule has 2 N–H and O–H groups in total. The number of carbonyl (C=O) groups is 1. The Morgan fingerprint density at radius 3 is 2.68 bits per heavy atom. The van der Waals surface area contributed by atoms with Crippen molar-refractivity contribution in [1.82, 2.24) is 15.3 Å². The van der Waals surface area contributed by atoms with Crippen LogP contribution in [0, 0.1) is 0 Å². The molecule has 6 nitrogen and oxygen atoms in total. The highest BCUT2D eigenvalue weighted by Crippen LogP contribution is 2.23. The van der Waals surface area contributed by atoms with Crippen LogP contribution in [0.25, 0.3) is 0 Å². The number of hydrogen-bond donors (Lipinski definition) is 2. The average molecular weight is 434 g/mol. The fraction of sp³-hybridized carbons (Fsp3) is 0.292. The lowest BCUT2D eigenvalue weighted by atomic mass is 10.1. The Morgan fingerprint density at radius 2 is 1.84 bits per heavy atom. The number of nitrogens with zero attached hydrogens (tertiary/aromatic N) is 3. The summed E-state index contributed by atoms with van der Waals surface area (Å²) in [5.74, 6) is 1.78. The molecule has 0 unspecified atom stereocenters. The first kappa shape index (κ1) is 21.2. The molecule has 4 rings (SSSR count). The summed E-state index contributed by atoms with van der Waals surface area (Å²) in [6.45, 7) is 2.50. The van der Waals surface area contributed by atoms with Crippen molar-refractivity contribution in [3.05, 3.63) is 78.1 Å². The third-order valence-electron chi connectivity index (χ3n) is 5.17.